The molecule has 0 aliphatic carbocycles. The summed E-state index contributed by atoms with van der Waals surface area (Å²) < 4.78 is 14.3. The number of carbonyl (C=O) groups excluding carboxylic acids is 1. The minimum atomic E-state index is -0.574. The molecule has 1 aromatic heterocycles. The van der Waals surface area contributed by atoms with Crippen LogP contribution in [0, 0.1) is 11.7 Å². The van der Waals surface area contributed by atoms with Crippen LogP contribution in [-0.4, -0.2) is 23.7 Å². The smallest absolute Gasteiger partial charge is 0.261 e. The topological polar surface area (TPSA) is 49.3 Å². The Morgan fingerprint density at radius 3 is 2.84 bits per heavy atom. The highest BCUT2D eigenvalue weighted by Crippen LogP contribution is 2.27. The summed E-state index contributed by atoms with van der Waals surface area (Å²) in [4.78, 5) is 12.4. The van der Waals surface area contributed by atoms with E-state index in [4.69, 9.17) is 0 Å². The van der Waals surface area contributed by atoms with E-state index in [1.165, 1.54) is 17.4 Å². The molecule has 1 aromatic carbocycles. The predicted octanol–water partition coefficient (Wildman–Crippen LogP) is 2.79. The number of carbonyl (C=O) groups is 1. The van der Waals surface area contributed by atoms with Crippen LogP contribution in [0.4, 0.5) is 4.39 Å². The molecule has 1 unspecified atom stereocenters. The maximum atomic E-state index is 13.5. The van der Waals surface area contributed by atoms with Gasteiger partial charge in [-0.25, -0.2) is 4.39 Å². The monoisotopic (exact) mass is 281 g/mol. The van der Waals surface area contributed by atoms with E-state index in [0.29, 0.717) is 10.3 Å². The zero-order chi connectivity index (χ0) is 14.0. The Kier molecular flexibility index (Phi) is 4.17. The van der Waals surface area contributed by atoms with Crippen LogP contribution in [0.5, 0.6) is 0 Å². The summed E-state index contributed by atoms with van der Waals surface area (Å²) in [5, 5.41) is 12.8. The molecule has 0 fully saturated rings. The van der Waals surface area contributed by atoms with Crippen LogP contribution in [0.15, 0.2) is 24.3 Å². The van der Waals surface area contributed by atoms with Gasteiger partial charge in [-0.1, -0.05) is 19.9 Å². The Morgan fingerprint density at radius 2 is 2.21 bits per heavy atom. The molecule has 2 aromatic rings. The zero-order valence-electron chi connectivity index (χ0n) is 10.8. The van der Waals surface area contributed by atoms with Gasteiger partial charge in [0.1, 0.15) is 5.82 Å². The first-order valence-corrected chi connectivity index (χ1v) is 6.95. The fourth-order valence-corrected chi connectivity index (χ4v) is 2.65. The van der Waals surface area contributed by atoms with E-state index in [9.17, 15) is 14.3 Å². The van der Waals surface area contributed by atoms with Crippen molar-refractivity contribution in [2.75, 3.05) is 6.54 Å². The normalized spacial score (nSPS) is 12.9. The number of hydrogen-bond donors (Lipinski definition) is 2. The molecule has 19 heavy (non-hydrogen) atoms. The first-order valence-electron chi connectivity index (χ1n) is 6.13. The number of aliphatic hydroxyl groups is 1. The number of aliphatic hydroxyl groups excluding tert-OH is 1. The second kappa shape index (κ2) is 5.67. The molecule has 0 bridgehead atoms. The SMILES string of the molecule is CC(C)C(O)CNC(=O)c1cc2c(F)cccc2s1. The van der Waals surface area contributed by atoms with Gasteiger partial charge in [0.2, 0.25) is 0 Å². The number of rotatable bonds is 4. The van der Waals surface area contributed by atoms with Gasteiger partial charge < -0.3 is 10.4 Å². The number of fused-ring (bicyclic) bond motifs is 1. The summed E-state index contributed by atoms with van der Waals surface area (Å²) in [5.41, 5.74) is 0. The summed E-state index contributed by atoms with van der Waals surface area (Å²) in [6.45, 7) is 3.96. The molecule has 0 spiro atoms. The van der Waals surface area contributed by atoms with Gasteiger partial charge in [-0.3, -0.25) is 4.79 Å². The van der Waals surface area contributed by atoms with Crippen molar-refractivity contribution in [2.24, 2.45) is 5.92 Å². The number of thiophene rings is 1. The summed E-state index contributed by atoms with van der Waals surface area (Å²) in [5.74, 6) is -0.518. The van der Waals surface area contributed by atoms with Crippen LogP contribution in [0.2, 0.25) is 0 Å². The maximum Gasteiger partial charge on any atom is 0.261 e. The van der Waals surface area contributed by atoms with Crippen molar-refractivity contribution in [1.29, 1.82) is 0 Å². The molecule has 0 aliphatic heterocycles. The van der Waals surface area contributed by atoms with Gasteiger partial charge in [0.25, 0.3) is 5.91 Å². The van der Waals surface area contributed by atoms with Crippen LogP contribution in [0.1, 0.15) is 23.5 Å². The minimum Gasteiger partial charge on any atom is -0.391 e. The van der Waals surface area contributed by atoms with Gasteiger partial charge in [-0.2, -0.15) is 0 Å². The van der Waals surface area contributed by atoms with Crippen LogP contribution >= 0.6 is 11.3 Å². The van der Waals surface area contributed by atoms with Crippen molar-refractivity contribution in [3.63, 3.8) is 0 Å². The number of amides is 1. The van der Waals surface area contributed by atoms with Crippen molar-refractivity contribution in [3.8, 4) is 0 Å². The second-order valence-electron chi connectivity index (χ2n) is 4.78. The average molecular weight is 281 g/mol. The quantitative estimate of drug-likeness (QED) is 0.905. The molecule has 1 heterocycles. The number of hydrogen-bond acceptors (Lipinski definition) is 3. The zero-order valence-corrected chi connectivity index (χ0v) is 11.6. The van der Waals surface area contributed by atoms with Crippen LogP contribution in [0.3, 0.4) is 0 Å². The lowest BCUT2D eigenvalue weighted by atomic mass is 10.1. The minimum absolute atomic E-state index is 0.0835. The van der Waals surface area contributed by atoms with Gasteiger partial charge in [0.05, 0.1) is 11.0 Å². The molecule has 1 amide bonds. The van der Waals surface area contributed by atoms with E-state index >= 15 is 0 Å². The molecule has 3 nitrogen and oxygen atoms in total. The van der Waals surface area contributed by atoms with Gasteiger partial charge in [-0.15, -0.1) is 11.3 Å². The molecule has 5 heteroatoms. The number of halogens is 1. The largest absolute Gasteiger partial charge is 0.391 e. The van der Waals surface area contributed by atoms with Gasteiger partial charge in [0.15, 0.2) is 0 Å². The third-order valence-electron chi connectivity index (χ3n) is 2.97. The lowest BCUT2D eigenvalue weighted by molar-refractivity contribution is 0.0875. The summed E-state index contributed by atoms with van der Waals surface area (Å²) in [6, 6.07) is 6.33. The van der Waals surface area contributed by atoms with Crippen molar-refractivity contribution >= 4 is 27.3 Å². The van der Waals surface area contributed by atoms with E-state index in [2.05, 4.69) is 5.32 Å². The highest BCUT2D eigenvalue weighted by atomic mass is 32.1. The summed E-state index contributed by atoms with van der Waals surface area (Å²) >= 11 is 1.25. The van der Waals surface area contributed by atoms with E-state index < -0.39 is 6.10 Å². The highest BCUT2D eigenvalue weighted by Gasteiger charge is 2.15. The third-order valence-corrected chi connectivity index (χ3v) is 4.07. The van der Waals surface area contributed by atoms with E-state index in [1.807, 2.05) is 13.8 Å². The first-order chi connectivity index (χ1) is 8.99. The van der Waals surface area contributed by atoms with E-state index in [0.717, 1.165) is 4.70 Å². The maximum absolute atomic E-state index is 13.5. The van der Waals surface area contributed by atoms with Crippen molar-refractivity contribution < 1.29 is 14.3 Å². The van der Waals surface area contributed by atoms with Gasteiger partial charge in [0, 0.05) is 16.6 Å². The predicted molar refractivity (Wildman–Crippen MR) is 75.0 cm³/mol. The lowest BCUT2D eigenvalue weighted by Gasteiger charge is -2.14. The first kappa shape index (κ1) is 14.0. The van der Waals surface area contributed by atoms with E-state index in [-0.39, 0.29) is 24.2 Å². The summed E-state index contributed by atoms with van der Waals surface area (Å²) in [7, 11) is 0. The van der Waals surface area contributed by atoms with Crippen LogP contribution in [-0.2, 0) is 0 Å². The Balaban J connectivity index is 2.12. The Hall–Kier alpha value is -1.46. The second-order valence-corrected chi connectivity index (χ2v) is 5.87. The highest BCUT2D eigenvalue weighted by molar-refractivity contribution is 7.20. The van der Waals surface area contributed by atoms with Crippen LogP contribution in [0.25, 0.3) is 10.1 Å². The van der Waals surface area contributed by atoms with Crippen molar-refractivity contribution in [2.45, 2.75) is 20.0 Å². The fraction of sp³-hybridized carbons (Fsp3) is 0.357. The Morgan fingerprint density at radius 1 is 1.47 bits per heavy atom. The number of benzene rings is 1. The molecule has 0 aliphatic rings. The third kappa shape index (κ3) is 3.11. The summed E-state index contributed by atoms with van der Waals surface area (Å²) in [6.07, 6.45) is -0.574. The Labute approximate surface area is 115 Å². The standard InChI is InChI=1S/C14H16FNO2S/c1-8(2)11(17)7-16-14(18)13-6-9-10(15)4-3-5-12(9)19-13/h3-6,8,11,17H,7H2,1-2H3,(H,16,18). The molecular formula is C14H16FNO2S. The molecular weight excluding hydrogens is 265 g/mol. The van der Waals surface area contributed by atoms with Gasteiger partial charge in [-0.05, 0) is 24.1 Å². The lowest BCUT2D eigenvalue weighted by Crippen LogP contribution is -2.34. The molecule has 0 radical (unpaired) electrons. The molecule has 2 N–H and O–H groups in total. The number of nitrogens with one attached hydrogen (secondary N) is 1. The van der Waals surface area contributed by atoms with Gasteiger partial charge >= 0.3 is 0 Å². The molecule has 0 saturated heterocycles. The van der Waals surface area contributed by atoms with Crippen molar-refractivity contribution in [3.05, 3.63) is 35.0 Å². The fourth-order valence-electron chi connectivity index (χ4n) is 1.66. The molecule has 102 valence electrons. The van der Waals surface area contributed by atoms with E-state index in [1.54, 1.807) is 18.2 Å². The Bertz CT molecular complexity index is 594. The van der Waals surface area contributed by atoms with Crippen molar-refractivity contribution in [1.82, 2.24) is 5.32 Å². The molecule has 1 atom stereocenters. The van der Waals surface area contributed by atoms with Crippen LogP contribution < -0.4 is 5.32 Å². The molecule has 0 saturated carbocycles. The average Bonchev–Trinajstić information content (AvgIpc) is 2.80. The molecule has 2 rings (SSSR count).